The zero-order valence-electron chi connectivity index (χ0n) is 18.3. The van der Waals surface area contributed by atoms with Crippen molar-refractivity contribution in [2.24, 2.45) is 0 Å². The van der Waals surface area contributed by atoms with E-state index < -0.39 is 29.2 Å². The third-order valence-electron chi connectivity index (χ3n) is 4.29. The summed E-state index contributed by atoms with van der Waals surface area (Å²) in [6, 6.07) is 5.47. The van der Waals surface area contributed by atoms with Crippen molar-refractivity contribution >= 4 is 21.7 Å². The number of hydrogen-bond donors (Lipinski definition) is 3. The van der Waals surface area contributed by atoms with E-state index in [0.717, 1.165) is 5.56 Å². The molecule has 2 heterocycles. The number of nitrogens with one attached hydrogen (secondary N) is 2. The van der Waals surface area contributed by atoms with Gasteiger partial charge in [0.2, 0.25) is 21.9 Å². The highest BCUT2D eigenvalue weighted by Crippen LogP contribution is 2.24. The summed E-state index contributed by atoms with van der Waals surface area (Å²) >= 11 is 0. The Morgan fingerprint density at radius 3 is 2.86 bits per heavy atom. The molecule has 1 fully saturated rings. The van der Waals surface area contributed by atoms with E-state index >= 15 is 0 Å². The Balaban J connectivity index is 1.75. The van der Waals surface area contributed by atoms with Gasteiger partial charge in [0.25, 0.3) is 0 Å². The van der Waals surface area contributed by atoms with Crippen LogP contribution >= 0.6 is 0 Å². The zero-order valence-corrected chi connectivity index (χ0v) is 16.1. The maximum Gasteiger partial charge on any atom is 0.240 e. The largest absolute Gasteiger partial charge is 0.471 e. The SMILES string of the molecule is [2H]C([2H])([2H])NS(=O)(=O)c1ccc(Nc2ncc(CC)c(O[C@H]3CCOC[C@H]3O)n2)cc1. The predicted octanol–water partition coefficient (Wildman–Crippen LogP) is 1.22. The standard InChI is InChI=1S/C18H24N4O5S/c1-3-12-10-20-18(22-17(12)27-16-8-9-26-11-15(16)23)21-13-4-6-14(7-5-13)28(24,25)19-2/h4-7,10,15-16,19,23H,3,8-9,11H2,1-2H3,(H,20,21,22)/t15-,16+/m1/s1/i2D3. The highest BCUT2D eigenvalue weighted by atomic mass is 32.2. The molecule has 1 aliphatic rings. The molecule has 0 amide bonds. The monoisotopic (exact) mass is 411 g/mol. The van der Waals surface area contributed by atoms with E-state index in [2.05, 4.69) is 15.3 Å². The van der Waals surface area contributed by atoms with Crippen molar-refractivity contribution in [3.63, 3.8) is 0 Å². The van der Waals surface area contributed by atoms with Crippen LogP contribution < -0.4 is 14.8 Å². The molecule has 2 atom stereocenters. The Labute approximate surface area is 168 Å². The van der Waals surface area contributed by atoms with Crippen molar-refractivity contribution in [2.75, 3.05) is 25.5 Å². The van der Waals surface area contributed by atoms with Crippen LogP contribution in [0.5, 0.6) is 5.88 Å². The van der Waals surface area contributed by atoms with Crippen molar-refractivity contribution in [1.29, 1.82) is 0 Å². The molecule has 0 bridgehead atoms. The van der Waals surface area contributed by atoms with E-state index in [1.807, 2.05) is 6.92 Å². The number of ether oxygens (including phenoxy) is 2. The van der Waals surface area contributed by atoms with Gasteiger partial charge in [0.1, 0.15) is 12.2 Å². The van der Waals surface area contributed by atoms with Crippen LogP contribution in [0.25, 0.3) is 0 Å². The topological polar surface area (TPSA) is 123 Å². The van der Waals surface area contributed by atoms with E-state index in [1.165, 1.54) is 24.3 Å². The number of aromatic nitrogens is 2. The van der Waals surface area contributed by atoms with Gasteiger partial charge in [-0.3, -0.25) is 0 Å². The van der Waals surface area contributed by atoms with Crippen LogP contribution in [-0.2, 0) is 21.2 Å². The van der Waals surface area contributed by atoms with Gasteiger partial charge in [-0.1, -0.05) is 6.92 Å². The Hall–Kier alpha value is -2.27. The second-order valence-corrected chi connectivity index (χ2v) is 7.90. The summed E-state index contributed by atoms with van der Waals surface area (Å²) in [4.78, 5) is 8.44. The molecule has 0 radical (unpaired) electrons. The number of aliphatic hydroxyl groups is 1. The molecule has 0 saturated carbocycles. The molecule has 1 aliphatic heterocycles. The summed E-state index contributed by atoms with van der Waals surface area (Å²) in [6.07, 6.45) is 1.62. The highest BCUT2D eigenvalue weighted by Gasteiger charge is 2.26. The smallest absolute Gasteiger partial charge is 0.240 e. The van der Waals surface area contributed by atoms with E-state index in [9.17, 15) is 13.5 Å². The Morgan fingerprint density at radius 1 is 1.39 bits per heavy atom. The van der Waals surface area contributed by atoms with Gasteiger partial charge in [0, 0.05) is 28.0 Å². The van der Waals surface area contributed by atoms with Gasteiger partial charge in [-0.15, -0.1) is 0 Å². The molecular weight excluding hydrogens is 384 g/mol. The molecule has 0 spiro atoms. The summed E-state index contributed by atoms with van der Waals surface area (Å²) in [6.45, 7) is -0.190. The minimum atomic E-state index is -4.17. The van der Waals surface area contributed by atoms with Gasteiger partial charge in [-0.25, -0.2) is 18.1 Å². The average molecular weight is 411 g/mol. The summed E-state index contributed by atoms with van der Waals surface area (Å²) < 4.78 is 58.1. The first-order chi connectivity index (χ1) is 14.6. The number of sulfonamides is 1. The number of hydrogen-bond acceptors (Lipinski definition) is 8. The molecule has 2 aromatic rings. The Kier molecular flexibility index (Phi) is 5.25. The number of aliphatic hydroxyl groups excluding tert-OH is 1. The Bertz CT molecular complexity index is 1000. The lowest BCUT2D eigenvalue weighted by Crippen LogP contribution is -2.40. The Morgan fingerprint density at radius 2 is 2.18 bits per heavy atom. The summed E-state index contributed by atoms with van der Waals surface area (Å²) in [7, 11) is -4.17. The van der Waals surface area contributed by atoms with Crippen molar-refractivity contribution < 1.29 is 27.1 Å². The molecule has 0 unspecified atom stereocenters. The van der Waals surface area contributed by atoms with Crippen molar-refractivity contribution in [3.05, 3.63) is 36.0 Å². The molecule has 0 aliphatic carbocycles. The number of benzene rings is 1. The molecule has 1 saturated heterocycles. The fourth-order valence-corrected chi connectivity index (χ4v) is 3.30. The number of nitrogens with zero attached hydrogens (tertiary/aromatic N) is 2. The number of rotatable bonds is 7. The molecule has 3 rings (SSSR count). The number of anilines is 2. The van der Waals surface area contributed by atoms with Crippen molar-refractivity contribution in [3.8, 4) is 5.88 Å². The normalized spacial score (nSPS) is 22.0. The average Bonchev–Trinajstić information content (AvgIpc) is 2.69. The van der Waals surface area contributed by atoms with E-state index in [0.29, 0.717) is 31.0 Å². The maximum absolute atomic E-state index is 12.1. The minimum Gasteiger partial charge on any atom is -0.471 e. The third kappa shape index (κ3) is 4.76. The van der Waals surface area contributed by atoms with Crippen LogP contribution in [0.1, 0.15) is 23.0 Å². The summed E-state index contributed by atoms with van der Waals surface area (Å²) in [5, 5.41) is 13.0. The molecule has 3 N–H and O–H groups in total. The summed E-state index contributed by atoms with van der Waals surface area (Å²) in [5.41, 5.74) is 1.27. The molecule has 1 aromatic heterocycles. The van der Waals surface area contributed by atoms with Gasteiger partial charge in [0.05, 0.1) is 18.1 Å². The van der Waals surface area contributed by atoms with E-state index in [-0.39, 0.29) is 17.5 Å². The molecule has 10 heteroatoms. The predicted molar refractivity (Wildman–Crippen MR) is 103 cm³/mol. The van der Waals surface area contributed by atoms with Crippen LogP contribution in [0.2, 0.25) is 0 Å². The van der Waals surface area contributed by atoms with Gasteiger partial charge in [-0.05, 0) is 37.7 Å². The lowest BCUT2D eigenvalue weighted by atomic mass is 10.1. The highest BCUT2D eigenvalue weighted by molar-refractivity contribution is 7.89. The maximum atomic E-state index is 12.1. The van der Waals surface area contributed by atoms with Crippen LogP contribution in [0.3, 0.4) is 0 Å². The first-order valence-electron chi connectivity index (χ1n) is 10.3. The van der Waals surface area contributed by atoms with Crippen LogP contribution in [-0.4, -0.2) is 55.9 Å². The first kappa shape index (κ1) is 16.7. The van der Waals surface area contributed by atoms with E-state index in [1.54, 1.807) is 10.9 Å². The van der Waals surface area contributed by atoms with E-state index in [4.69, 9.17) is 13.6 Å². The van der Waals surface area contributed by atoms with Crippen LogP contribution in [0.4, 0.5) is 11.6 Å². The van der Waals surface area contributed by atoms with Crippen LogP contribution in [0, 0.1) is 0 Å². The van der Waals surface area contributed by atoms with Gasteiger partial charge in [-0.2, -0.15) is 4.98 Å². The molecular formula is C18H24N4O5S. The molecule has 28 heavy (non-hydrogen) atoms. The minimum absolute atomic E-state index is 0.186. The molecule has 152 valence electrons. The first-order valence-corrected chi connectivity index (χ1v) is 10.2. The van der Waals surface area contributed by atoms with Gasteiger partial charge in [0.15, 0.2) is 0 Å². The fraction of sp³-hybridized carbons (Fsp3) is 0.444. The molecule has 1 aromatic carbocycles. The zero-order chi connectivity index (χ0) is 22.6. The van der Waals surface area contributed by atoms with Crippen LogP contribution in [0.15, 0.2) is 35.4 Å². The van der Waals surface area contributed by atoms with Gasteiger partial charge < -0.3 is 19.9 Å². The van der Waals surface area contributed by atoms with Crippen molar-refractivity contribution in [2.45, 2.75) is 36.9 Å². The lowest BCUT2D eigenvalue weighted by molar-refractivity contribution is -0.0765. The second kappa shape index (κ2) is 8.82. The molecule has 9 nitrogen and oxygen atoms in total. The fourth-order valence-electron chi connectivity index (χ4n) is 2.69. The van der Waals surface area contributed by atoms with Gasteiger partial charge >= 0.3 is 0 Å². The lowest BCUT2D eigenvalue weighted by Gasteiger charge is -2.28. The quantitative estimate of drug-likeness (QED) is 0.622. The second-order valence-electron chi connectivity index (χ2n) is 6.22. The summed E-state index contributed by atoms with van der Waals surface area (Å²) in [5.74, 6) is 0.581. The third-order valence-corrected chi connectivity index (χ3v) is 5.45. The number of aryl methyl sites for hydroxylation is 1. The van der Waals surface area contributed by atoms with Crippen molar-refractivity contribution in [1.82, 2.24) is 14.7 Å².